The molecule has 2 rings (SSSR count). The smallest absolute Gasteiger partial charge is 0.266 e. The maximum Gasteiger partial charge on any atom is 0.266 e. The molecule has 0 aliphatic heterocycles. The van der Waals surface area contributed by atoms with E-state index < -0.39 is 6.10 Å². The van der Waals surface area contributed by atoms with Crippen molar-refractivity contribution in [1.29, 1.82) is 0 Å². The van der Waals surface area contributed by atoms with Crippen LogP contribution in [-0.2, 0) is 4.79 Å². The third-order valence-electron chi connectivity index (χ3n) is 3.17. The maximum absolute atomic E-state index is 12.1. The average Bonchev–Trinajstić information content (AvgIpc) is 2.41. The lowest BCUT2D eigenvalue weighted by atomic mass is 10.1. The predicted octanol–water partition coefficient (Wildman–Crippen LogP) is 3.41. The molecular weight excluding hydrogens is 264 g/mol. The predicted molar refractivity (Wildman–Crippen MR) is 83.6 cm³/mol. The zero-order valence-electron chi connectivity index (χ0n) is 12.8. The fraction of sp³-hybridized carbons (Fsp3) is 0.294. The topological polar surface area (TPSA) is 51.2 Å². The highest BCUT2D eigenvalue weighted by Gasteiger charge is 2.16. The molecule has 4 nitrogen and oxygen atoms in total. The minimum Gasteiger partial charge on any atom is -0.481 e. The number of amides is 1. The number of rotatable bonds is 4. The summed E-state index contributed by atoms with van der Waals surface area (Å²) in [5.74, 6) is 1.05. The highest BCUT2D eigenvalue weighted by atomic mass is 16.5. The van der Waals surface area contributed by atoms with Gasteiger partial charge in [-0.25, -0.2) is 4.98 Å². The Morgan fingerprint density at radius 2 is 1.86 bits per heavy atom. The van der Waals surface area contributed by atoms with Gasteiger partial charge in [-0.1, -0.05) is 17.7 Å². The Hall–Kier alpha value is -2.36. The number of hydrogen-bond acceptors (Lipinski definition) is 3. The molecule has 1 aromatic carbocycles. The quantitative estimate of drug-likeness (QED) is 0.936. The van der Waals surface area contributed by atoms with E-state index in [0.717, 1.165) is 16.9 Å². The summed E-state index contributed by atoms with van der Waals surface area (Å²) < 4.78 is 5.72. The summed E-state index contributed by atoms with van der Waals surface area (Å²) in [4.78, 5) is 16.2. The number of nitrogens with one attached hydrogen (secondary N) is 1. The normalized spacial score (nSPS) is 11.8. The van der Waals surface area contributed by atoms with Crippen LogP contribution in [0.25, 0.3) is 0 Å². The van der Waals surface area contributed by atoms with Crippen LogP contribution in [-0.4, -0.2) is 17.0 Å². The molecule has 1 amide bonds. The molecule has 110 valence electrons. The molecule has 0 aliphatic rings. The monoisotopic (exact) mass is 284 g/mol. The Labute approximate surface area is 125 Å². The van der Waals surface area contributed by atoms with Gasteiger partial charge in [-0.15, -0.1) is 0 Å². The SMILES string of the molecule is Cc1ccnc(NC(=O)C(C)Oc2ccc(C)cc2C)c1. The van der Waals surface area contributed by atoms with E-state index in [9.17, 15) is 4.79 Å². The summed E-state index contributed by atoms with van der Waals surface area (Å²) in [5.41, 5.74) is 3.23. The Morgan fingerprint density at radius 1 is 1.14 bits per heavy atom. The fourth-order valence-corrected chi connectivity index (χ4v) is 2.01. The molecule has 4 heteroatoms. The van der Waals surface area contributed by atoms with Crippen molar-refractivity contribution in [3.63, 3.8) is 0 Å². The molecule has 2 aromatic rings. The van der Waals surface area contributed by atoms with Crippen LogP contribution in [0, 0.1) is 20.8 Å². The van der Waals surface area contributed by atoms with Gasteiger partial charge in [0.05, 0.1) is 0 Å². The molecule has 0 radical (unpaired) electrons. The van der Waals surface area contributed by atoms with Gasteiger partial charge in [-0.05, 0) is 57.0 Å². The van der Waals surface area contributed by atoms with Crippen LogP contribution in [0.2, 0.25) is 0 Å². The number of hydrogen-bond donors (Lipinski definition) is 1. The molecule has 1 atom stereocenters. The summed E-state index contributed by atoms with van der Waals surface area (Å²) in [5, 5.41) is 2.76. The molecule has 0 aliphatic carbocycles. The minimum absolute atomic E-state index is 0.215. The second-order valence-corrected chi connectivity index (χ2v) is 5.24. The first kappa shape index (κ1) is 15.0. The van der Waals surface area contributed by atoms with Crippen molar-refractivity contribution in [2.75, 3.05) is 5.32 Å². The van der Waals surface area contributed by atoms with E-state index in [1.54, 1.807) is 13.1 Å². The lowest BCUT2D eigenvalue weighted by Gasteiger charge is -2.16. The highest BCUT2D eigenvalue weighted by Crippen LogP contribution is 2.20. The highest BCUT2D eigenvalue weighted by molar-refractivity contribution is 5.93. The Bertz CT molecular complexity index is 653. The summed E-state index contributed by atoms with van der Waals surface area (Å²) in [6, 6.07) is 9.59. The van der Waals surface area contributed by atoms with Crippen molar-refractivity contribution < 1.29 is 9.53 Å². The second kappa shape index (κ2) is 6.39. The zero-order valence-corrected chi connectivity index (χ0v) is 12.8. The lowest BCUT2D eigenvalue weighted by Crippen LogP contribution is -2.30. The van der Waals surface area contributed by atoms with Gasteiger partial charge >= 0.3 is 0 Å². The van der Waals surface area contributed by atoms with Gasteiger partial charge in [-0.3, -0.25) is 4.79 Å². The molecule has 1 heterocycles. The van der Waals surface area contributed by atoms with Gasteiger partial charge in [0, 0.05) is 6.20 Å². The molecule has 21 heavy (non-hydrogen) atoms. The Balaban J connectivity index is 2.02. The largest absolute Gasteiger partial charge is 0.481 e. The van der Waals surface area contributed by atoms with Crippen molar-refractivity contribution in [3.8, 4) is 5.75 Å². The van der Waals surface area contributed by atoms with E-state index >= 15 is 0 Å². The van der Waals surface area contributed by atoms with Crippen molar-refractivity contribution in [2.24, 2.45) is 0 Å². The van der Waals surface area contributed by atoms with Crippen molar-refractivity contribution in [2.45, 2.75) is 33.8 Å². The Morgan fingerprint density at radius 3 is 2.52 bits per heavy atom. The molecule has 0 bridgehead atoms. The average molecular weight is 284 g/mol. The van der Waals surface area contributed by atoms with E-state index in [1.165, 1.54) is 5.56 Å². The first-order valence-corrected chi connectivity index (χ1v) is 6.93. The van der Waals surface area contributed by atoms with E-state index in [4.69, 9.17) is 4.74 Å². The van der Waals surface area contributed by atoms with E-state index in [1.807, 2.05) is 51.1 Å². The van der Waals surface area contributed by atoms with Crippen LogP contribution in [0.4, 0.5) is 5.82 Å². The number of aryl methyl sites for hydroxylation is 3. The van der Waals surface area contributed by atoms with Crippen LogP contribution in [0.3, 0.4) is 0 Å². The van der Waals surface area contributed by atoms with Gasteiger partial charge in [0.25, 0.3) is 5.91 Å². The summed E-state index contributed by atoms with van der Waals surface area (Å²) in [6.07, 6.45) is 1.08. The number of anilines is 1. The second-order valence-electron chi connectivity index (χ2n) is 5.24. The lowest BCUT2D eigenvalue weighted by molar-refractivity contribution is -0.122. The third kappa shape index (κ3) is 4.05. The number of carbonyl (C=O) groups excluding carboxylic acids is 1. The molecule has 1 N–H and O–H groups in total. The first-order valence-electron chi connectivity index (χ1n) is 6.93. The summed E-state index contributed by atoms with van der Waals surface area (Å²) in [7, 11) is 0. The molecule has 0 fully saturated rings. The van der Waals surface area contributed by atoms with Crippen LogP contribution in [0.5, 0.6) is 5.75 Å². The van der Waals surface area contributed by atoms with Gasteiger partial charge in [-0.2, -0.15) is 0 Å². The van der Waals surface area contributed by atoms with Crippen molar-refractivity contribution in [1.82, 2.24) is 4.98 Å². The van der Waals surface area contributed by atoms with E-state index in [-0.39, 0.29) is 5.91 Å². The summed E-state index contributed by atoms with van der Waals surface area (Å²) in [6.45, 7) is 7.67. The first-order chi connectivity index (χ1) is 9.95. The van der Waals surface area contributed by atoms with Gasteiger partial charge in [0.2, 0.25) is 0 Å². The standard InChI is InChI=1S/C17H20N2O2/c1-11-5-6-15(13(3)9-11)21-14(4)17(20)19-16-10-12(2)7-8-18-16/h5-10,14H,1-4H3,(H,18,19,20). The molecule has 0 saturated heterocycles. The van der Waals surface area contributed by atoms with Gasteiger partial charge in [0.15, 0.2) is 6.10 Å². The zero-order chi connectivity index (χ0) is 15.4. The van der Waals surface area contributed by atoms with Crippen molar-refractivity contribution >= 4 is 11.7 Å². The molecule has 1 unspecified atom stereocenters. The number of ether oxygens (including phenoxy) is 1. The minimum atomic E-state index is -0.589. The van der Waals surface area contributed by atoms with Crippen LogP contribution < -0.4 is 10.1 Å². The van der Waals surface area contributed by atoms with Gasteiger partial charge < -0.3 is 10.1 Å². The Kier molecular flexibility index (Phi) is 4.58. The van der Waals surface area contributed by atoms with E-state index in [0.29, 0.717) is 5.82 Å². The number of benzene rings is 1. The van der Waals surface area contributed by atoms with Crippen LogP contribution in [0.1, 0.15) is 23.6 Å². The number of aromatic nitrogens is 1. The maximum atomic E-state index is 12.1. The molecule has 0 saturated carbocycles. The van der Waals surface area contributed by atoms with Gasteiger partial charge in [0.1, 0.15) is 11.6 Å². The molecular formula is C17H20N2O2. The summed E-state index contributed by atoms with van der Waals surface area (Å²) >= 11 is 0. The molecule has 0 spiro atoms. The number of pyridine rings is 1. The van der Waals surface area contributed by atoms with Crippen molar-refractivity contribution in [3.05, 3.63) is 53.2 Å². The fourth-order valence-electron chi connectivity index (χ4n) is 2.01. The number of nitrogens with zero attached hydrogens (tertiary/aromatic N) is 1. The molecule has 1 aromatic heterocycles. The van der Waals surface area contributed by atoms with Crippen LogP contribution in [0.15, 0.2) is 36.5 Å². The van der Waals surface area contributed by atoms with E-state index in [2.05, 4.69) is 10.3 Å². The third-order valence-corrected chi connectivity index (χ3v) is 3.17. The number of carbonyl (C=O) groups is 1. The van der Waals surface area contributed by atoms with Crippen LogP contribution >= 0.6 is 0 Å².